The molecule has 3 aromatic rings. The van der Waals surface area contributed by atoms with Crippen LogP contribution in [0.4, 0.5) is 4.39 Å². The molecule has 0 N–H and O–H groups in total. The number of rotatable bonds is 3. The van der Waals surface area contributed by atoms with Crippen molar-refractivity contribution in [2.75, 3.05) is 0 Å². The summed E-state index contributed by atoms with van der Waals surface area (Å²) in [5.41, 5.74) is 2.19. The molecule has 3 rings (SSSR count). The van der Waals surface area contributed by atoms with E-state index in [-0.39, 0.29) is 5.82 Å². The Morgan fingerprint density at radius 1 is 1.26 bits per heavy atom. The molecule has 0 aliphatic carbocycles. The number of imidazole rings is 1. The van der Waals surface area contributed by atoms with Crippen LogP contribution >= 0.6 is 0 Å². The van der Waals surface area contributed by atoms with Crippen molar-refractivity contribution < 1.29 is 4.39 Å². The van der Waals surface area contributed by atoms with Gasteiger partial charge in [-0.25, -0.2) is 9.37 Å². The highest BCUT2D eigenvalue weighted by molar-refractivity contribution is 5.80. The molecule has 0 amide bonds. The van der Waals surface area contributed by atoms with Gasteiger partial charge in [0.15, 0.2) is 0 Å². The van der Waals surface area contributed by atoms with Crippen LogP contribution in [-0.2, 0) is 6.54 Å². The standard InChI is InChI=1S/C15H16FN3/c1-11(2)19-10-17-8-14(19)9-18-6-5-12-7-13(16)3-4-15(12)18/h3-8,10-11H,9H2,1-2H3. The van der Waals surface area contributed by atoms with Crippen molar-refractivity contribution in [3.8, 4) is 0 Å². The highest BCUT2D eigenvalue weighted by atomic mass is 19.1. The molecule has 0 fully saturated rings. The molecule has 4 heteroatoms. The Morgan fingerprint density at radius 2 is 2.11 bits per heavy atom. The zero-order valence-corrected chi connectivity index (χ0v) is 11.0. The van der Waals surface area contributed by atoms with E-state index in [0.29, 0.717) is 6.04 Å². The Hall–Kier alpha value is -2.10. The van der Waals surface area contributed by atoms with E-state index in [9.17, 15) is 4.39 Å². The molecule has 2 heterocycles. The molecular formula is C15H16FN3. The summed E-state index contributed by atoms with van der Waals surface area (Å²) in [6.45, 7) is 5.01. The fourth-order valence-corrected chi connectivity index (χ4v) is 2.40. The van der Waals surface area contributed by atoms with Gasteiger partial charge in [-0.1, -0.05) is 0 Å². The third-order valence-electron chi connectivity index (χ3n) is 3.37. The van der Waals surface area contributed by atoms with E-state index in [4.69, 9.17) is 0 Å². The number of aromatic nitrogens is 3. The van der Waals surface area contributed by atoms with Crippen LogP contribution in [0.25, 0.3) is 10.9 Å². The van der Waals surface area contributed by atoms with Crippen molar-refractivity contribution >= 4 is 10.9 Å². The van der Waals surface area contributed by atoms with Crippen molar-refractivity contribution in [3.05, 3.63) is 54.5 Å². The molecule has 0 spiro atoms. The topological polar surface area (TPSA) is 22.8 Å². The van der Waals surface area contributed by atoms with Crippen LogP contribution < -0.4 is 0 Å². The van der Waals surface area contributed by atoms with Crippen LogP contribution in [0.2, 0.25) is 0 Å². The van der Waals surface area contributed by atoms with Gasteiger partial charge in [-0.2, -0.15) is 0 Å². The molecule has 0 aliphatic rings. The number of halogens is 1. The predicted molar refractivity (Wildman–Crippen MR) is 73.6 cm³/mol. The van der Waals surface area contributed by atoms with Gasteiger partial charge in [-0.05, 0) is 38.1 Å². The largest absolute Gasteiger partial charge is 0.341 e. The first-order chi connectivity index (χ1) is 9.15. The van der Waals surface area contributed by atoms with Crippen LogP contribution in [0.1, 0.15) is 25.6 Å². The highest BCUT2D eigenvalue weighted by Crippen LogP contribution is 2.19. The number of benzene rings is 1. The van der Waals surface area contributed by atoms with Gasteiger partial charge in [0, 0.05) is 29.3 Å². The summed E-state index contributed by atoms with van der Waals surface area (Å²) in [6.07, 6.45) is 5.72. The molecule has 0 saturated heterocycles. The summed E-state index contributed by atoms with van der Waals surface area (Å²) in [5, 5.41) is 0.926. The van der Waals surface area contributed by atoms with Crippen LogP contribution in [-0.4, -0.2) is 14.1 Å². The summed E-state index contributed by atoms with van der Waals surface area (Å²) in [7, 11) is 0. The molecule has 19 heavy (non-hydrogen) atoms. The second-order valence-corrected chi connectivity index (χ2v) is 5.03. The summed E-state index contributed by atoms with van der Waals surface area (Å²) in [5.74, 6) is -0.197. The van der Waals surface area contributed by atoms with Gasteiger partial charge in [0.25, 0.3) is 0 Å². The maximum atomic E-state index is 13.2. The van der Waals surface area contributed by atoms with E-state index < -0.39 is 0 Å². The number of hydrogen-bond acceptors (Lipinski definition) is 1. The first-order valence-electron chi connectivity index (χ1n) is 6.40. The Bertz CT molecular complexity index is 709. The number of nitrogens with zero attached hydrogens (tertiary/aromatic N) is 3. The molecule has 98 valence electrons. The molecule has 0 radical (unpaired) electrons. The summed E-state index contributed by atoms with van der Waals surface area (Å²) in [6, 6.07) is 7.20. The van der Waals surface area contributed by atoms with Gasteiger partial charge in [0.2, 0.25) is 0 Å². The zero-order valence-electron chi connectivity index (χ0n) is 11.0. The third-order valence-corrected chi connectivity index (χ3v) is 3.37. The normalized spacial score (nSPS) is 11.6. The van der Waals surface area contributed by atoms with Crippen LogP contribution in [0.3, 0.4) is 0 Å². The number of fused-ring (bicyclic) bond motifs is 1. The molecular weight excluding hydrogens is 241 g/mol. The molecule has 3 nitrogen and oxygen atoms in total. The van der Waals surface area contributed by atoms with Crippen molar-refractivity contribution in [2.45, 2.75) is 26.4 Å². The maximum Gasteiger partial charge on any atom is 0.123 e. The first-order valence-corrected chi connectivity index (χ1v) is 6.40. The van der Waals surface area contributed by atoms with Gasteiger partial charge >= 0.3 is 0 Å². The van der Waals surface area contributed by atoms with Gasteiger partial charge < -0.3 is 9.13 Å². The third kappa shape index (κ3) is 2.14. The monoisotopic (exact) mass is 257 g/mol. The van der Waals surface area contributed by atoms with Gasteiger partial charge in [-0.15, -0.1) is 0 Å². The van der Waals surface area contributed by atoms with Gasteiger partial charge in [0.05, 0.1) is 18.6 Å². The molecule has 0 unspecified atom stereocenters. The minimum Gasteiger partial charge on any atom is -0.341 e. The Balaban J connectivity index is 1.99. The fourth-order valence-electron chi connectivity index (χ4n) is 2.40. The lowest BCUT2D eigenvalue weighted by molar-refractivity contribution is 0.564. The van der Waals surface area contributed by atoms with Crippen molar-refractivity contribution in [2.24, 2.45) is 0 Å². The smallest absolute Gasteiger partial charge is 0.123 e. The maximum absolute atomic E-state index is 13.2. The lowest BCUT2D eigenvalue weighted by Gasteiger charge is -2.12. The second-order valence-electron chi connectivity index (χ2n) is 5.03. The quantitative estimate of drug-likeness (QED) is 0.703. The average Bonchev–Trinajstić information content (AvgIpc) is 2.97. The molecule has 0 bridgehead atoms. The van der Waals surface area contributed by atoms with Crippen molar-refractivity contribution in [3.63, 3.8) is 0 Å². The minimum absolute atomic E-state index is 0.197. The number of hydrogen-bond donors (Lipinski definition) is 0. The van der Waals surface area contributed by atoms with E-state index in [1.807, 2.05) is 30.9 Å². The van der Waals surface area contributed by atoms with Crippen LogP contribution in [0.5, 0.6) is 0 Å². The molecule has 0 aliphatic heterocycles. The predicted octanol–water partition coefficient (Wildman–Crippen LogP) is 3.61. The minimum atomic E-state index is -0.197. The molecule has 1 aromatic carbocycles. The van der Waals surface area contributed by atoms with Crippen LogP contribution in [0.15, 0.2) is 43.0 Å². The SMILES string of the molecule is CC(C)n1cncc1Cn1ccc2cc(F)ccc21. The lowest BCUT2D eigenvalue weighted by Crippen LogP contribution is -2.08. The summed E-state index contributed by atoms with van der Waals surface area (Å²) in [4.78, 5) is 4.21. The lowest BCUT2D eigenvalue weighted by atomic mass is 10.2. The summed E-state index contributed by atoms with van der Waals surface area (Å²) >= 11 is 0. The Kier molecular flexibility index (Phi) is 2.85. The van der Waals surface area contributed by atoms with E-state index in [1.165, 1.54) is 6.07 Å². The van der Waals surface area contributed by atoms with Crippen molar-refractivity contribution in [1.29, 1.82) is 0 Å². The fraction of sp³-hybridized carbons (Fsp3) is 0.267. The van der Waals surface area contributed by atoms with E-state index in [2.05, 4.69) is 28.0 Å². The first kappa shape index (κ1) is 12.0. The Labute approximate surface area is 111 Å². The molecule has 0 saturated carbocycles. The average molecular weight is 257 g/mol. The zero-order chi connectivity index (χ0) is 13.4. The van der Waals surface area contributed by atoms with Crippen molar-refractivity contribution in [1.82, 2.24) is 14.1 Å². The van der Waals surface area contributed by atoms with E-state index in [1.54, 1.807) is 6.07 Å². The van der Waals surface area contributed by atoms with Crippen LogP contribution in [0, 0.1) is 5.82 Å². The van der Waals surface area contributed by atoms with E-state index >= 15 is 0 Å². The molecule has 2 aromatic heterocycles. The summed E-state index contributed by atoms with van der Waals surface area (Å²) < 4.78 is 17.4. The molecule has 0 atom stereocenters. The van der Waals surface area contributed by atoms with Gasteiger partial charge in [0.1, 0.15) is 5.82 Å². The Morgan fingerprint density at radius 3 is 2.89 bits per heavy atom. The highest BCUT2D eigenvalue weighted by Gasteiger charge is 2.08. The van der Waals surface area contributed by atoms with E-state index in [0.717, 1.165) is 23.1 Å². The van der Waals surface area contributed by atoms with Gasteiger partial charge in [-0.3, -0.25) is 0 Å². The second kappa shape index (κ2) is 4.53.